The summed E-state index contributed by atoms with van der Waals surface area (Å²) in [6.45, 7) is -0.167. The number of benzene rings is 1. The lowest BCUT2D eigenvalue weighted by Crippen LogP contribution is -2.41. The van der Waals surface area contributed by atoms with Gasteiger partial charge in [0.05, 0.1) is 18.6 Å². The van der Waals surface area contributed by atoms with E-state index in [1.165, 1.54) is 24.3 Å². The number of carbonyl (C=O) groups excluding carboxylic acids is 1. The first kappa shape index (κ1) is 16.6. The minimum absolute atomic E-state index is 0.0670. The second-order valence-corrected chi connectivity index (χ2v) is 4.20. The summed E-state index contributed by atoms with van der Waals surface area (Å²) >= 11 is 0. The molecule has 0 aliphatic rings. The molecule has 0 spiro atoms. The van der Waals surface area contributed by atoms with E-state index in [0.29, 0.717) is 5.69 Å². The maximum absolute atomic E-state index is 11.7. The highest BCUT2D eigenvalue weighted by molar-refractivity contribution is 5.94. The van der Waals surface area contributed by atoms with Crippen LogP contribution in [0.3, 0.4) is 0 Å². The van der Waals surface area contributed by atoms with Gasteiger partial charge in [-0.15, -0.1) is 0 Å². The predicted molar refractivity (Wildman–Crippen MR) is 73.2 cm³/mol. The monoisotopic (exact) mass is 296 g/mol. The Labute approximate surface area is 120 Å². The number of aliphatic hydroxyl groups excluding tert-OH is 1. The number of aliphatic carboxylic acids is 1. The maximum atomic E-state index is 11.7. The van der Waals surface area contributed by atoms with Gasteiger partial charge in [-0.3, -0.25) is 9.59 Å². The molecule has 8 heteroatoms. The van der Waals surface area contributed by atoms with Crippen LogP contribution < -0.4 is 10.6 Å². The Balaban J connectivity index is 2.59. The molecule has 5 N–H and O–H groups in total. The van der Waals surface area contributed by atoms with E-state index in [1.807, 2.05) is 0 Å². The van der Waals surface area contributed by atoms with Crippen molar-refractivity contribution in [1.29, 1.82) is 0 Å². The molecule has 21 heavy (non-hydrogen) atoms. The van der Waals surface area contributed by atoms with Gasteiger partial charge >= 0.3 is 11.9 Å². The first-order valence-corrected chi connectivity index (χ1v) is 6.14. The average Bonchev–Trinajstić information content (AvgIpc) is 2.43. The van der Waals surface area contributed by atoms with Crippen molar-refractivity contribution < 1.29 is 29.7 Å². The molecule has 114 valence electrons. The third-order valence-corrected chi connectivity index (χ3v) is 2.61. The lowest BCUT2D eigenvalue weighted by atomic mass is 10.1. The zero-order chi connectivity index (χ0) is 15.8. The van der Waals surface area contributed by atoms with Crippen molar-refractivity contribution in [2.24, 2.45) is 0 Å². The van der Waals surface area contributed by atoms with Crippen molar-refractivity contribution in [3.8, 4) is 0 Å². The standard InChI is InChI=1S/C13H16N2O6/c16-6-5-14-10(13(20)21)7-11(17)15-9-3-1-8(2-4-9)12(18)19/h1-4,10,14,16H,5-7H2,(H,15,17)(H,18,19)(H,20,21)/t10-/m1/s1. The molecule has 1 aromatic carbocycles. The lowest BCUT2D eigenvalue weighted by molar-refractivity contribution is -0.141. The van der Waals surface area contributed by atoms with Gasteiger partial charge in [0.15, 0.2) is 0 Å². The SMILES string of the molecule is O=C(C[C@@H](NCCO)C(=O)O)Nc1ccc(C(=O)O)cc1. The number of carbonyl (C=O) groups is 3. The van der Waals surface area contributed by atoms with E-state index in [-0.39, 0.29) is 25.1 Å². The smallest absolute Gasteiger partial charge is 0.335 e. The van der Waals surface area contributed by atoms with Gasteiger partial charge in [-0.1, -0.05) is 0 Å². The van der Waals surface area contributed by atoms with Gasteiger partial charge in [0.1, 0.15) is 6.04 Å². The second-order valence-electron chi connectivity index (χ2n) is 4.20. The molecule has 0 saturated carbocycles. The van der Waals surface area contributed by atoms with E-state index in [0.717, 1.165) is 0 Å². The van der Waals surface area contributed by atoms with E-state index in [2.05, 4.69) is 10.6 Å². The summed E-state index contributed by atoms with van der Waals surface area (Å²) in [5, 5.41) is 31.3. The fourth-order valence-electron chi connectivity index (χ4n) is 1.58. The molecular formula is C13H16N2O6. The van der Waals surface area contributed by atoms with Gasteiger partial charge in [-0.2, -0.15) is 0 Å². The van der Waals surface area contributed by atoms with Gasteiger partial charge in [0.2, 0.25) is 5.91 Å². The van der Waals surface area contributed by atoms with E-state index >= 15 is 0 Å². The lowest BCUT2D eigenvalue weighted by Gasteiger charge is -2.13. The summed E-state index contributed by atoms with van der Waals surface area (Å²) in [5.74, 6) is -2.80. The number of hydrogen-bond acceptors (Lipinski definition) is 5. The van der Waals surface area contributed by atoms with E-state index in [4.69, 9.17) is 15.3 Å². The molecule has 8 nitrogen and oxygen atoms in total. The Kier molecular flexibility index (Phi) is 6.31. The van der Waals surface area contributed by atoms with Crippen LogP contribution in [0, 0.1) is 0 Å². The molecule has 1 amide bonds. The van der Waals surface area contributed by atoms with Crippen molar-refractivity contribution in [1.82, 2.24) is 5.32 Å². The highest BCUT2D eigenvalue weighted by Gasteiger charge is 2.20. The molecule has 0 aliphatic carbocycles. The van der Waals surface area contributed by atoms with Crippen LogP contribution in [-0.2, 0) is 9.59 Å². The quantitative estimate of drug-likeness (QED) is 0.446. The number of nitrogens with one attached hydrogen (secondary N) is 2. The molecular weight excluding hydrogens is 280 g/mol. The first-order valence-electron chi connectivity index (χ1n) is 6.14. The van der Waals surface area contributed by atoms with Gasteiger partial charge in [-0.25, -0.2) is 4.79 Å². The summed E-state index contributed by atoms with van der Waals surface area (Å²) in [6, 6.07) is 4.39. The minimum Gasteiger partial charge on any atom is -0.480 e. The summed E-state index contributed by atoms with van der Waals surface area (Å²) in [5.41, 5.74) is 0.456. The van der Waals surface area contributed by atoms with Crippen molar-refractivity contribution in [3.63, 3.8) is 0 Å². The highest BCUT2D eigenvalue weighted by Crippen LogP contribution is 2.10. The van der Waals surface area contributed by atoms with Crippen LogP contribution in [-0.4, -0.2) is 52.4 Å². The number of carboxylic acid groups (broad SMARTS) is 2. The first-order chi connectivity index (χ1) is 9.93. The normalized spacial score (nSPS) is 11.7. The summed E-state index contributed by atoms with van der Waals surface area (Å²) < 4.78 is 0. The number of hydrogen-bond donors (Lipinski definition) is 5. The van der Waals surface area contributed by atoms with Crippen LogP contribution in [0.2, 0.25) is 0 Å². The molecule has 0 fully saturated rings. The average molecular weight is 296 g/mol. The van der Waals surface area contributed by atoms with E-state index in [1.54, 1.807) is 0 Å². The zero-order valence-corrected chi connectivity index (χ0v) is 11.1. The van der Waals surface area contributed by atoms with Gasteiger partial charge < -0.3 is 26.0 Å². The third kappa shape index (κ3) is 5.59. The molecule has 0 saturated heterocycles. The van der Waals surface area contributed by atoms with Crippen molar-refractivity contribution in [2.45, 2.75) is 12.5 Å². The molecule has 1 atom stereocenters. The fourth-order valence-corrected chi connectivity index (χ4v) is 1.58. The predicted octanol–water partition coefficient (Wildman–Crippen LogP) is -0.251. The summed E-state index contributed by atoms with van der Waals surface area (Å²) in [6.07, 6.45) is -0.310. The molecule has 0 aromatic heterocycles. The van der Waals surface area contributed by atoms with Crippen LogP contribution >= 0.6 is 0 Å². The Morgan fingerprint density at radius 1 is 1.10 bits per heavy atom. The molecule has 0 aliphatic heterocycles. The number of rotatable bonds is 8. The number of aliphatic hydroxyl groups is 1. The van der Waals surface area contributed by atoms with Crippen molar-refractivity contribution in [3.05, 3.63) is 29.8 Å². The van der Waals surface area contributed by atoms with Crippen molar-refractivity contribution >= 4 is 23.5 Å². The van der Waals surface area contributed by atoms with Crippen LogP contribution in [0.1, 0.15) is 16.8 Å². The van der Waals surface area contributed by atoms with Crippen LogP contribution in [0.25, 0.3) is 0 Å². The maximum Gasteiger partial charge on any atom is 0.335 e. The van der Waals surface area contributed by atoms with Gasteiger partial charge in [0, 0.05) is 12.2 Å². The molecule has 0 heterocycles. The zero-order valence-electron chi connectivity index (χ0n) is 11.1. The summed E-state index contributed by atoms with van der Waals surface area (Å²) in [7, 11) is 0. The van der Waals surface area contributed by atoms with Gasteiger partial charge in [-0.05, 0) is 24.3 Å². The molecule has 0 bridgehead atoms. The molecule has 1 aromatic rings. The second kappa shape index (κ2) is 7.98. The number of aromatic carboxylic acids is 1. The number of anilines is 1. The third-order valence-electron chi connectivity index (χ3n) is 2.61. The van der Waals surface area contributed by atoms with Crippen LogP contribution in [0.4, 0.5) is 5.69 Å². The molecule has 0 radical (unpaired) electrons. The van der Waals surface area contributed by atoms with Crippen LogP contribution in [0.5, 0.6) is 0 Å². The largest absolute Gasteiger partial charge is 0.480 e. The molecule has 0 unspecified atom stereocenters. The molecule has 1 rings (SSSR count). The minimum atomic E-state index is -1.19. The Bertz CT molecular complexity index is 514. The van der Waals surface area contributed by atoms with Crippen molar-refractivity contribution in [2.75, 3.05) is 18.5 Å². The van der Waals surface area contributed by atoms with Gasteiger partial charge in [0.25, 0.3) is 0 Å². The Morgan fingerprint density at radius 3 is 2.19 bits per heavy atom. The fraction of sp³-hybridized carbons (Fsp3) is 0.308. The van der Waals surface area contributed by atoms with E-state index in [9.17, 15) is 14.4 Å². The summed E-state index contributed by atoms with van der Waals surface area (Å²) in [4.78, 5) is 33.3. The highest BCUT2D eigenvalue weighted by atomic mass is 16.4. The number of amides is 1. The number of carboxylic acids is 2. The Morgan fingerprint density at radius 2 is 1.71 bits per heavy atom. The topological polar surface area (TPSA) is 136 Å². The van der Waals surface area contributed by atoms with E-state index < -0.39 is 23.9 Å². The Hall–Kier alpha value is -2.45. The van der Waals surface area contributed by atoms with Crippen LogP contribution in [0.15, 0.2) is 24.3 Å².